The number of methoxy groups -OCH3 is 1. The highest BCUT2D eigenvalue weighted by Gasteiger charge is 2.35. The molecule has 1 aliphatic rings. The van der Waals surface area contributed by atoms with Crippen LogP contribution in [0.15, 0.2) is 48.7 Å². The van der Waals surface area contributed by atoms with Gasteiger partial charge in [-0.05, 0) is 36.5 Å². The van der Waals surface area contributed by atoms with Gasteiger partial charge in [0.05, 0.1) is 11.4 Å². The van der Waals surface area contributed by atoms with E-state index in [1.165, 1.54) is 17.7 Å². The van der Waals surface area contributed by atoms with Crippen LogP contribution < -0.4 is 10.5 Å². The minimum atomic E-state index is -2.56. The third-order valence-corrected chi connectivity index (χ3v) is 6.48. The van der Waals surface area contributed by atoms with Gasteiger partial charge in [-0.3, -0.25) is 9.78 Å². The first kappa shape index (κ1) is 24.7. The Kier molecular flexibility index (Phi) is 6.79. The molecule has 11 heteroatoms. The van der Waals surface area contributed by atoms with Crippen molar-refractivity contribution in [2.45, 2.75) is 44.1 Å². The molecule has 1 fully saturated rings. The summed E-state index contributed by atoms with van der Waals surface area (Å²) in [6, 6.07) is 11.2. The van der Waals surface area contributed by atoms with Gasteiger partial charge in [0.2, 0.25) is 17.6 Å². The maximum Gasteiger partial charge on any atom is 0.248 e. The largest absolute Gasteiger partial charge is 0.470 e. The van der Waals surface area contributed by atoms with Crippen LogP contribution >= 0.6 is 0 Å². The summed E-state index contributed by atoms with van der Waals surface area (Å²) in [6.45, 7) is 0.0296. The average Bonchev–Trinajstić information content (AvgIpc) is 3.32. The smallest absolute Gasteiger partial charge is 0.248 e. The predicted molar refractivity (Wildman–Crippen MR) is 132 cm³/mol. The molecule has 4 aromatic rings. The zero-order valence-corrected chi connectivity index (χ0v) is 20.2. The number of nitrogens with zero attached hydrogens (tertiary/aromatic N) is 5. The van der Waals surface area contributed by atoms with E-state index < -0.39 is 5.92 Å². The number of aromatic nitrogens is 5. The number of ether oxygens (including phenoxy) is 2. The summed E-state index contributed by atoms with van der Waals surface area (Å²) in [7, 11) is 1.42. The van der Waals surface area contributed by atoms with Gasteiger partial charge >= 0.3 is 0 Å². The second-order valence-corrected chi connectivity index (χ2v) is 9.11. The Balaban J connectivity index is 1.39. The van der Waals surface area contributed by atoms with E-state index in [0.717, 1.165) is 16.3 Å². The molecule has 3 heterocycles. The Morgan fingerprint density at radius 1 is 1.16 bits per heavy atom. The van der Waals surface area contributed by atoms with Crippen molar-refractivity contribution < 1.29 is 23.0 Å². The topological polar surface area (TPSA) is 118 Å². The highest BCUT2D eigenvalue weighted by atomic mass is 19.3. The number of pyridine rings is 1. The lowest BCUT2D eigenvalue weighted by Crippen LogP contribution is -2.23. The van der Waals surface area contributed by atoms with E-state index in [0.29, 0.717) is 30.1 Å². The van der Waals surface area contributed by atoms with Gasteiger partial charge in [0.15, 0.2) is 11.4 Å². The molecule has 37 heavy (non-hydrogen) atoms. The minimum Gasteiger partial charge on any atom is -0.470 e. The van der Waals surface area contributed by atoms with E-state index in [-0.39, 0.29) is 49.3 Å². The van der Waals surface area contributed by atoms with Crippen LogP contribution in [0, 0.1) is 0 Å². The molecule has 2 N–H and O–H groups in total. The molecule has 0 atom stereocenters. The molecule has 0 spiro atoms. The molecule has 3 aromatic heterocycles. The van der Waals surface area contributed by atoms with Gasteiger partial charge < -0.3 is 15.2 Å². The zero-order chi connectivity index (χ0) is 26.0. The van der Waals surface area contributed by atoms with Crippen molar-refractivity contribution in [3.8, 4) is 5.88 Å². The fraction of sp³-hybridized carbons (Fsp3) is 0.346. The molecule has 5 rings (SSSR count). The van der Waals surface area contributed by atoms with Gasteiger partial charge in [0.1, 0.15) is 13.2 Å². The number of rotatable bonds is 8. The molecular formula is C26H26F2N6O3. The van der Waals surface area contributed by atoms with Crippen LogP contribution in [0.4, 0.5) is 8.78 Å². The van der Waals surface area contributed by atoms with Gasteiger partial charge in [0.25, 0.3) is 0 Å². The zero-order valence-electron chi connectivity index (χ0n) is 20.2. The van der Waals surface area contributed by atoms with Gasteiger partial charge in [0, 0.05) is 43.0 Å². The van der Waals surface area contributed by atoms with Gasteiger partial charge in [-0.1, -0.05) is 24.3 Å². The number of carbonyl (C=O) groups is 1. The second-order valence-electron chi connectivity index (χ2n) is 9.11. The number of carbonyl (C=O) groups excluding carboxylic acids is 1. The lowest BCUT2D eigenvalue weighted by atomic mass is 9.83. The Bertz CT molecular complexity index is 1460. The molecule has 0 saturated heterocycles. The van der Waals surface area contributed by atoms with E-state index in [1.807, 2.05) is 36.4 Å². The second kappa shape index (κ2) is 10.2. The molecule has 9 nitrogen and oxygen atoms in total. The molecule has 0 aliphatic heterocycles. The van der Waals surface area contributed by atoms with Gasteiger partial charge in [-0.2, -0.15) is 4.52 Å². The predicted octanol–water partition coefficient (Wildman–Crippen LogP) is 4.06. The molecule has 1 aliphatic carbocycles. The first-order chi connectivity index (χ1) is 17.8. The summed E-state index contributed by atoms with van der Waals surface area (Å²) in [6.07, 6.45) is 3.70. The number of hydrogen-bond acceptors (Lipinski definition) is 8. The van der Waals surface area contributed by atoms with Gasteiger partial charge in [-0.25, -0.2) is 8.78 Å². The Morgan fingerprint density at radius 2 is 1.92 bits per heavy atom. The van der Waals surface area contributed by atoms with E-state index in [1.54, 1.807) is 6.20 Å². The van der Waals surface area contributed by atoms with E-state index in [4.69, 9.17) is 15.2 Å². The van der Waals surface area contributed by atoms with Gasteiger partial charge in [-0.15, -0.1) is 15.3 Å². The lowest BCUT2D eigenvalue weighted by Gasteiger charge is -2.28. The highest BCUT2D eigenvalue weighted by molar-refractivity contribution is 5.98. The van der Waals surface area contributed by atoms with Crippen molar-refractivity contribution >= 4 is 27.9 Å². The first-order valence-corrected chi connectivity index (χ1v) is 11.9. The molecule has 1 saturated carbocycles. The number of nitrogens with two attached hydrogens (primary N) is 1. The monoisotopic (exact) mass is 508 g/mol. The maximum atomic E-state index is 13.5. The van der Waals surface area contributed by atoms with Crippen molar-refractivity contribution in [2.24, 2.45) is 5.73 Å². The quantitative estimate of drug-likeness (QED) is 0.354. The highest BCUT2D eigenvalue weighted by Crippen LogP contribution is 2.40. The van der Waals surface area contributed by atoms with Crippen LogP contribution in [-0.4, -0.2) is 50.2 Å². The fourth-order valence-corrected chi connectivity index (χ4v) is 4.54. The third kappa shape index (κ3) is 5.26. The van der Waals surface area contributed by atoms with Crippen molar-refractivity contribution in [3.63, 3.8) is 0 Å². The van der Waals surface area contributed by atoms with Crippen LogP contribution in [0.5, 0.6) is 5.88 Å². The SMILES string of the molecule is COCC(=O)C=C(N)c1nnc2c3ccccc3c(OCc3ccc(C4CCC(F)(F)CC4)cn3)nn12. The molecule has 192 valence electrons. The summed E-state index contributed by atoms with van der Waals surface area (Å²) in [5.41, 5.74) is 8.31. The Morgan fingerprint density at radius 3 is 2.62 bits per heavy atom. The van der Waals surface area contributed by atoms with Crippen molar-refractivity contribution in [1.82, 2.24) is 24.8 Å². The van der Waals surface area contributed by atoms with Crippen LogP contribution in [0.1, 0.15) is 48.7 Å². The minimum absolute atomic E-state index is 0.0882. The standard InChI is InChI=1S/C26H26F2N6O3/c1-36-15-19(35)12-22(29)24-32-31-23-20-4-2-3-5-21(20)25(33-34(23)24)37-14-18-7-6-17(13-30-18)16-8-10-26(27,28)11-9-16/h2-7,12-13,16H,8-11,14-15,29H2,1H3. The van der Waals surface area contributed by atoms with Crippen molar-refractivity contribution in [2.75, 3.05) is 13.7 Å². The summed E-state index contributed by atoms with van der Waals surface area (Å²) in [5.74, 6) is -2.25. The van der Waals surface area contributed by atoms with Crippen LogP contribution in [0.2, 0.25) is 0 Å². The third-order valence-electron chi connectivity index (χ3n) is 6.48. The number of alkyl halides is 2. The number of hydrogen-bond donors (Lipinski definition) is 1. The number of fused-ring (bicyclic) bond motifs is 3. The normalized spacial score (nSPS) is 16.4. The van der Waals surface area contributed by atoms with Crippen molar-refractivity contribution in [1.29, 1.82) is 0 Å². The Labute approximate surface area is 211 Å². The summed E-state index contributed by atoms with van der Waals surface area (Å²) in [4.78, 5) is 16.4. The summed E-state index contributed by atoms with van der Waals surface area (Å²) < 4.78 is 39.3. The number of halogens is 2. The summed E-state index contributed by atoms with van der Waals surface area (Å²) in [5, 5.41) is 14.4. The molecular weight excluding hydrogens is 482 g/mol. The van der Waals surface area contributed by atoms with E-state index >= 15 is 0 Å². The molecule has 0 bridgehead atoms. The van der Waals surface area contributed by atoms with Crippen molar-refractivity contribution in [3.05, 3.63) is 65.8 Å². The first-order valence-electron chi connectivity index (χ1n) is 11.9. The average molecular weight is 509 g/mol. The maximum absolute atomic E-state index is 13.5. The van der Waals surface area contributed by atoms with E-state index in [9.17, 15) is 13.6 Å². The Hall–Kier alpha value is -3.99. The number of ketones is 1. The molecule has 0 unspecified atom stereocenters. The van der Waals surface area contributed by atoms with Crippen LogP contribution in [0.3, 0.4) is 0 Å². The van der Waals surface area contributed by atoms with Crippen LogP contribution in [-0.2, 0) is 16.1 Å². The van der Waals surface area contributed by atoms with Crippen LogP contribution in [0.25, 0.3) is 22.1 Å². The lowest BCUT2D eigenvalue weighted by molar-refractivity contribution is -0.117. The molecule has 0 radical (unpaired) electrons. The van der Waals surface area contributed by atoms with E-state index in [2.05, 4.69) is 20.3 Å². The molecule has 1 aromatic carbocycles. The number of benzene rings is 1. The fourth-order valence-electron chi connectivity index (χ4n) is 4.54. The summed E-state index contributed by atoms with van der Waals surface area (Å²) >= 11 is 0. The molecule has 0 amide bonds.